The van der Waals surface area contributed by atoms with Crippen LogP contribution in [0, 0.1) is 6.92 Å². The second-order valence-electron chi connectivity index (χ2n) is 4.04. The van der Waals surface area contributed by atoms with Gasteiger partial charge in [0.2, 0.25) is 0 Å². The first-order chi connectivity index (χ1) is 9.20. The van der Waals surface area contributed by atoms with Gasteiger partial charge < -0.3 is 10.3 Å². The van der Waals surface area contributed by atoms with E-state index in [-0.39, 0.29) is 0 Å². The number of aromatic nitrogens is 4. The predicted octanol–water partition coefficient (Wildman–Crippen LogP) is 2.07. The van der Waals surface area contributed by atoms with Gasteiger partial charge in [0, 0.05) is 22.8 Å². The van der Waals surface area contributed by atoms with Crippen molar-refractivity contribution >= 4 is 17.2 Å². The molecule has 0 bridgehead atoms. The number of anilines is 1. The summed E-state index contributed by atoms with van der Waals surface area (Å²) in [6.45, 7) is 1.96. The van der Waals surface area contributed by atoms with Crippen LogP contribution in [0.4, 0.5) is 5.82 Å². The molecule has 0 saturated heterocycles. The summed E-state index contributed by atoms with van der Waals surface area (Å²) in [5.74, 6) is 1.48. The third kappa shape index (κ3) is 2.60. The van der Waals surface area contributed by atoms with E-state index in [1.807, 2.05) is 12.3 Å². The lowest BCUT2D eigenvalue weighted by Crippen LogP contribution is -1.91. The monoisotopic (exact) mass is 273 g/mol. The van der Waals surface area contributed by atoms with E-state index in [1.165, 1.54) is 0 Å². The third-order valence-electron chi connectivity index (χ3n) is 2.47. The summed E-state index contributed by atoms with van der Waals surface area (Å²) in [5, 5.41) is 6.92. The SMILES string of the molecule is Cc1csc(Cc2noc(-c3ccnc(N)c3)n2)n1. The van der Waals surface area contributed by atoms with Crippen molar-refractivity contribution in [3.63, 3.8) is 0 Å². The number of nitrogens with two attached hydrogens (primary N) is 1. The molecule has 3 aromatic rings. The molecule has 0 fully saturated rings. The van der Waals surface area contributed by atoms with Gasteiger partial charge in [-0.2, -0.15) is 4.98 Å². The van der Waals surface area contributed by atoms with Crippen LogP contribution < -0.4 is 5.73 Å². The van der Waals surface area contributed by atoms with Crippen molar-refractivity contribution in [3.05, 3.63) is 40.2 Å². The summed E-state index contributed by atoms with van der Waals surface area (Å²) in [6.07, 6.45) is 2.18. The smallest absolute Gasteiger partial charge is 0.258 e. The molecule has 7 heteroatoms. The largest absolute Gasteiger partial charge is 0.384 e. The molecule has 0 aliphatic rings. The van der Waals surface area contributed by atoms with Crippen LogP contribution in [0.25, 0.3) is 11.5 Å². The normalized spacial score (nSPS) is 10.8. The van der Waals surface area contributed by atoms with Gasteiger partial charge in [0.15, 0.2) is 5.82 Å². The highest BCUT2D eigenvalue weighted by atomic mass is 32.1. The topological polar surface area (TPSA) is 90.7 Å². The fraction of sp³-hybridized carbons (Fsp3) is 0.167. The minimum atomic E-state index is 0.424. The number of nitrogens with zero attached hydrogens (tertiary/aromatic N) is 4. The van der Waals surface area contributed by atoms with Crippen molar-refractivity contribution in [2.75, 3.05) is 5.73 Å². The Morgan fingerprint density at radius 2 is 2.26 bits per heavy atom. The van der Waals surface area contributed by atoms with E-state index in [4.69, 9.17) is 10.3 Å². The summed E-state index contributed by atoms with van der Waals surface area (Å²) >= 11 is 1.59. The van der Waals surface area contributed by atoms with E-state index in [1.54, 1.807) is 29.7 Å². The van der Waals surface area contributed by atoms with Crippen molar-refractivity contribution < 1.29 is 4.52 Å². The Kier molecular flexibility index (Phi) is 2.96. The van der Waals surface area contributed by atoms with Crippen LogP contribution in [-0.4, -0.2) is 20.1 Å². The first-order valence-corrected chi connectivity index (χ1v) is 6.54. The van der Waals surface area contributed by atoms with Gasteiger partial charge >= 0.3 is 0 Å². The second-order valence-corrected chi connectivity index (χ2v) is 4.99. The lowest BCUT2D eigenvalue weighted by molar-refractivity contribution is 0.424. The minimum Gasteiger partial charge on any atom is -0.384 e. The zero-order valence-electron chi connectivity index (χ0n) is 10.2. The fourth-order valence-corrected chi connectivity index (χ4v) is 2.41. The Morgan fingerprint density at radius 1 is 1.37 bits per heavy atom. The average Bonchev–Trinajstić information content (AvgIpc) is 2.99. The summed E-state index contributed by atoms with van der Waals surface area (Å²) in [4.78, 5) is 12.6. The molecule has 19 heavy (non-hydrogen) atoms. The zero-order chi connectivity index (χ0) is 13.2. The molecule has 2 N–H and O–H groups in total. The van der Waals surface area contributed by atoms with Crippen LogP contribution in [0.3, 0.4) is 0 Å². The summed E-state index contributed by atoms with van der Waals surface area (Å²) in [6, 6.07) is 3.48. The maximum absolute atomic E-state index is 5.62. The highest BCUT2D eigenvalue weighted by molar-refractivity contribution is 7.09. The van der Waals surface area contributed by atoms with Gasteiger partial charge in [0.1, 0.15) is 10.8 Å². The first-order valence-electron chi connectivity index (χ1n) is 5.66. The maximum Gasteiger partial charge on any atom is 0.258 e. The first kappa shape index (κ1) is 11.8. The summed E-state index contributed by atoms with van der Waals surface area (Å²) in [5.41, 5.74) is 7.39. The lowest BCUT2D eigenvalue weighted by Gasteiger charge is -1.94. The molecule has 0 amide bonds. The fourth-order valence-electron chi connectivity index (χ4n) is 1.64. The molecular weight excluding hydrogens is 262 g/mol. The van der Waals surface area contributed by atoms with Crippen LogP contribution in [0.5, 0.6) is 0 Å². The molecule has 0 spiro atoms. The molecule has 0 aromatic carbocycles. The molecule has 3 heterocycles. The molecule has 0 unspecified atom stereocenters. The summed E-state index contributed by atoms with van der Waals surface area (Å²) in [7, 11) is 0. The van der Waals surface area contributed by atoms with Gasteiger partial charge in [-0.1, -0.05) is 5.16 Å². The molecule has 96 valence electrons. The van der Waals surface area contributed by atoms with E-state index in [9.17, 15) is 0 Å². The Hall–Kier alpha value is -2.28. The van der Waals surface area contributed by atoms with Crippen LogP contribution >= 0.6 is 11.3 Å². The average molecular weight is 273 g/mol. The van der Waals surface area contributed by atoms with Crippen molar-refractivity contribution in [2.24, 2.45) is 0 Å². The van der Waals surface area contributed by atoms with Crippen LogP contribution in [0.15, 0.2) is 28.2 Å². The molecule has 3 aromatic heterocycles. The number of nitrogen functional groups attached to an aromatic ring is 1. The van der Waals surface area contributed by atoms with Crippen LogP contribution in [0.2, 0.25) is 0 Å². The molecule has 3 rings (SSSR count). The van der Waals surface area contributed by atoms with Crippen LogP contribution in [-0.2, 0) is 6.42 Å². The predicted molar refractivity (Wildman–Crippen MR) is 71.6 cm³/mol. The Labute approximate surface area is 113 Å². The zero-order valence-corrected chi connectivity index (χ0v) is 11.0. The van der Waals surface area contributed by atoms with Gasteiger partial charge in [0.05, 0.1) is 6.42 Å². The van der Waals surface area contributed by atoms with E-state index in [2.05, 4.69) is 20.1 Å². The van der Waals surface area contributed by atoms with Crippen LogP contribution in [0.1, 0.15) is 16.5 Å². The van der Waals surface area contributed by atoms with E-state index in [0.29, 0.717) is 24.0 Å². The van der Waals surface area contributed by atoms with Gasteiger partial charge in [-0.25, -0.2) is 9.97 Å². The lowest BCUT2D eigenvalue weighted by atomic mass is 10.2. The van der Waals surface area contributed by atoms with E-state index >= 15 is 0 Å². The van der Waals surface area contributed by atoms with Gasteiger partial charge in [-0.15, -0.1) is 11.3 Å². The van der Waals surface area contributed by atoms with Gasteiger partial charge in [-0.3, -0.25) is 0 Å². The Balaban J connectivity index is 1.83. The molecule has 0 radical (unpaired) electrons. The molecular formula is C12H11N5OS. The quantitative estimate of drug-likeness (QED) is 0.785. The molecule has 0 saturated carbocycles. The maximum atomic E-state index is 5.62. The molecule has 0 atom stereocenters. The minimum absolute atomic E-state index is 0.424. The number of hydrogen-bond acceptors (Lipinski definition) is 7. The van der Waals surface area contributed by atoms with E-state index < -0.39 is 0 Å². The van der Waals surface area contributed by atoms with E-state index in [0.717, 1.165) is 16.3 Å². The number of aryl methyl sites for hydroxylation is 1. The standard InChI is InChI=1S/C12H11N5OS/c1-7-6-19-11(15-7)5-10-16-12(18-17-10)8-2-3-14-9(13)4-8/h2-4,6H,5H2,1H3,(H2,13,14). The number of thiazole rings is 1. The highest BCUT2D eigenvalue weighted by Gasteiger charge is 2.11. The Bertz CT molecular complexity index is 705. The van der Waals surface area contributed by atoms with Crippen molar-refractivity contribution in [3.8, 4) is 11.5 Å². The van der Waals surface area contributed by atoms with Crippen molar-refractivity contribution in [1.29, 1.82) is 0 Å². The number of rotatable bonds is 3. The molecule has 6 nitrogen and oxygen atoms in total. The highest BCUT2D eigenvalue weighted by Crippen LogP contribution is 2.19. The molecule has 0 aliphatic heterocycles. The van der Waals surface area contributed by atoms with Crippen molar-refractivity contribution in [2.45, 2.75) is 13.3 Å². The van der Waals surface area contributed by atoms with Gasteiger partial charge in [-0.05, 0) is 19.1 Å². The number of hydrogen-bond donors (Lipinski definition) is 1. The molecule has 0 aliphatic carbocycles. The summed E-state index contributed by atoms with van der Waals surface area (Å²) < 4.78 is 5.22. The Morgan fingerprint density at radius 3 is 3.00 bits per heavy atom. The third-order valence-corrected chi connectivity index (χ3v) is 3.44. The van der Waals surface area contributed by atoms with Crippen molar-refractivity contribution in [1.82, 2.24) is 20.1 Å². The number of pyridine rings is 1. The van der Waals surface area contributed by atoms with Gasteiger partial charge in [0.25, 0.3) is 5.89 Å². The second kappa shape index (κ2) is 4.77.